The number of rotatable bonds is 1. The Balaban J connectivity index is 2.33. The molecular formula is C10H18N4. The molecule has 2 heterocycles. The van der Waals surface area contributed by atoms with Crippen molar-refractivity contribution in [3.63, 3.8) is 0 Å². The Kier molecular flexibility index (Phi) is 2.10. The summed E-state index contributed by atoms with van der Waals surface area (Å²) in [7, 11) is 0. The Labute approximate surface area is 84.5 Å². The van der Waals surface area contributed by atoms with Crippen LogP contribution < -0.4 is 5.73 Å². The molecule has 1 aliphatic heterocycles. The molecule has 2 rings (SSSR count). The second-order valence-corrected chi connectivity index (χ2v) is 5.07. The third kappa shape index (κ3) is 1.43. The van der Waals surface area contributed by atoms with Crippen LogP contribution >= 0.6 is 0 Å². The maximum Gasteiger partial charge on any atom is 0.150 e. The number of nitrogens with two attached hydrogens (primary N) is 1. The van der Waals surface area contributed by atoms with Crippen LogP contribution in [0.5, 0.6) is 0 Å². The van der Waals surface area contributed by atoms with E-state index in [1.165, 1.54) is 6.42 Å². The van der Waals surface area contributed by atoms with E-state index < -0.39 is 0 Å². The van der Waals surface area contributed by atoms with E-state index in [1.54, 1.807) is 0 Å². The van der Waals surface area contributed by atoms with E-state index in [0.717, 1.165) is 24.6 Å². The third-order valence-electron chi connectivity index (χ3n) is 2.85. The molecule has 0 aliphatic carbocycles. The molecule has 0 amide bonds. The molecule has 1 aromatic heterocycles. The van der Waals surface area contributed by atoms with E-state index in [1.807, 2.05) is 0 Å². The third-order valence-corrected chi connectivity index (χ3v) is 2.85. The van der Waals surface area contributed by atoms with E-state index >= 15 is 0 Å². The van der Waals surface area contributed by atoms with Gasteiger partial charge in [-0.15, -0.1) is 10.2 Å². The molecular weight excluding hydrogens is 176 g/mol. The van der Waals surface area contributed by atoms with Crippen LogP contribution in [0.1, 0.15) is 44.9 Å². The number of hydrogen-bond donors (Lipinski definition) is 1. The average molecular weight is 194 g/mol. The zero-order chi connectivity index (χ0) is 10.3. The van der Waals surface area contributed by atoms with Gasteiger partial charge in [-0.25, -0.2) is 0 Å². The largest absolute Gasteiger partial charge is 0.321 e. The van der Waals surface area contributed by atoms with Crippen LogP contribution in [0, 0.1) is 5.41 Å². The molecule has 0 spiro atoms. The molecule has 14 heavy (non-hydrogen) atoms. The lowest BCUT2D eigenvalue weighted by Gasteiger charge is -2.26. The molecule has 1 aromatic rings. The maximum atomic E-state index is 6.17. The number of fused-ring (bicyclic) bond motifs is 1. The number of aryl methyl sites for hydroxylation is 1. The molecule has 1 unspecified atom stereocenters. The van der Waals surface area contributed by atoms with Crippen molar-refractivity contribution in [1.29, 1.82) is 0 Å². The Hall–Kier alpha value is -0.900. The minimum absolute atomic E-state index is 0.0261. The lowest BCUT2D eigenvalue weighted by Crippen LogP contribution is -2.29. The van der Waals surface area contributed by atoms with Gasteiger partial charge in [-0.1, -0.05) is 20.8 Å². The van der Waals surface area contributed by atoms with Gasteiger partial charge in [0.25, 0.3) is 0 Å². The standard InChI is InChI=1S/C10H18N4/c1-10(2,3)8(11)9-13-12-7-5-4-6-14(7)9/h8H,4-6,11H2,1-3H3. The fourth-order valence-corrected chi connectivity index (χ4v) is 1.79. The highest BCUT2D eigenvalue weighted by atomic mass is 15.3. The summed E-state index contributed by atoms with van der Waals surface area (Å²) in [4.78, 5) is 0. The molecule has 0 saturated carbocycles. The van der Waals surface area contributed by atoms with Crippen LogP contribution in [0.2, 0.25) is 0 Å². The predicted molar refractivity (Wildman–Crippen MR) is 54.7 cm³/mol. The Morgan fingerprint density at radius 2 is 2.07 bits per heavy atom. The summed E-state index contributed by atoms with van der Waals surface area (Å²) in [5.41, 5.74) is 6.21. The molecule has 4 heteroatoms. The topological polar surface area (TPSA) is 56.7 Å². The lowest BCUT2D eigenvalue weighted by atomic mass is 9.87. The second kappa shape index (κ2) is 3.05. The molecule has 1 aliphatic rings. The van der Waals surface area contributed by atoms with Crippen LogP contribution in [0.4, 0.5) is 0 Å². The van der Waals surface area contributed by atoms with Gasteiger partial charge in [0, 0.05) is 13.0 Å². The molecule has 2 N–H and O–H groups in total. The molecule has 1 atom stereocenters. The minimum atomic E-state index is -0.0261. The lowest BCUT2D eigenvalue weighted by molar-refractivity contribution is 0.308. The van der Waals surface area contributed by atoms with Crippen molar-refractivity contribution in [2.45, 2.75) is 46.2 Å². The average Bonchev–Trinajstić information content (AvgIpc) is 2.59. The number of hydrogen-bond acceptors (Lipinski definition) is 3. The van der Waals surface area contributed by atoms with Crippen molar-refractivity contribution >= 4 is 0 Å². The first-order valence-electron chi connectivity index (χ1n) is 5.17. The first-order chi connectivity index (χ1) is 6.50. The van der Waals surface area contributed by atoms with Crippen molar-refractivity contribution < 1.29 is 0 Å². The molecule has 4 nitrogen and oxygen atoms in total. The summed E-state index contributed by atoms with van der Waals surface area (Å²) in [5, 5.41) is 8.36. The predicted octanol–water partition coefficient (Wildman–Crippen LogP) is 1.27. The van der Waals surface area contributed by atoms with Crippen LogP contribution in [0.25, 0.3) is 0 Å². The molecule has 0 radical (unpaired) electrons. The van der Waals surface area contributed by atoms with Crippen LogP contribution in [0.3, 0.4) is 0 Å². The van der Waals surface area contributed by atoms with E-state index in [4.69, 9.17) is 5.73 Å². The first kappa shape index (κ1) is 9.65. The summed E-state index contributed by atoms with van der Waals surface area (Å²) in [6.07, 6.45) is 2.22. The molecule has 0 bridgehead atoms. The highest BCUT2D eigenvalue weighted by Gasteiger charge is 2.29. The van der Waals surface area contributed by atoms with Crippen molar-refractivity contribution in [3.05, 3.63) is 11.6 Å². The first-order valence-corrected chi connectivity index (χ1v) is 5.17. The van der Waals surface area contributed by atoms with Gasteiger partial charge in [0.1, 0.15) is 5.82 Å². The molecule has 78 valence electrons. The van der Waals surface area contributed by atoms with Crippen LogP contribution in [0.15, 0.2) is 0 Å². The normalized spacial score (nSPS) is 18.3. The van der Waals surface area contributed by atoms with Crippen molar-refractivity contribution in [1.82, 2.24) is 14.8 Å². The van der Waals surface area contributed by atoms with Gasteiger partial charge >= 0.3 is 0 Å². The summed E-state index contributed by atoms with van der Waals surface area (Å²) in [5.74, 6) is 2.05. The quantitative estimate of drug-likeness (QED) is 0.732. The highest BCUT2D eigenvalue weighted by molar-refractivity contribution is 5.06. The van der Waals surface area contributed by atoms with Gasteiger partial charge in [0.15, 0.2) is 5.82 Å². The van der Waals surface area contributed by atoms with E-state index in [-0.39, 0.29) is 11.5 Å². The molecule has 0 saturated heterocycles. The van der Waals surface area contributed by atoms with Crippen molar-refractivity contribution in [2.24, 2.45) is 11.1 Å². The SMILES string of the molecule is CC(C)(C)C(N)c1nnc2n1CCC2. The van der Waals surface area contributed by atoms with Crippen LogP contribution in [-0.4, -0.2) is 14.8 Å². The Morgan fingerprint density at radius 3 is 2.71 bits per heavy atom. The van der Waals surface area contributed by atoms with Crippen molar-refractivity contribution in [3.8, 4) is 0 Å². The number of nitrogens with zero attached hydrogens (tertiary/aromatic N) is 3. The van der Waals surface area contributed by atoms with Gasteiger partial charge in [0.2, 0.25) is 0 Å². The van der Waals surface area contributed by atoms with Crippen LogP contribution in [-0.2, 0) is 13.0 Å². The Bertz CT molecular complexity index is 334. The Morgan fingerprint density at radius 1 is 1.36 bits per heavy atom. The minimum Gasteiger partial charge on any atom is -0.321 e. The van der Waals surface area contributed by atoms with Gasteiger partial charge in [-0.05, 0) is 11.8 Å². The second-order valence-electron chi connectivity index (χ2n) is 5.07. The number of aromatic nitrogens is 3. The fraction of sp³-hybridized carbons (Fsp3) is 0.800. The molecule has 0 aromatic carbocycles. The summed E-state index contributed by atoms with van der Waals surface area (Å²) in [6.45, 7) is 7.43. The summed E-state index contributed by atoms with van der Waals surface area (Å²) < 4.78 is 2.18. The summed E-state index contributed by atoms with van der Waals surface area (Å²) >= 11 is 0. The van der Waals surface area contributed by atoms with E-state index in [0.29, 0.717) is 0 Å². The van der Waals surface area contributed by atoms with E-state index in [9.17, 15) is 0 Å². The fourth-order valence-electron chi connectivity index (χ4n) is 1.79. The highest BCUT2D eigenvalue weighted by Crippen LogP contribution is 2.30. The summed E-state index contributed by atoms with van der Waals surface area (Å²) in [6, 6.07) is -0.0261. The van der Waals surface area contributed by atoms with Gasteiger partial charge in [0.05, 0.1) is 6.04 Å². The van der Waals surface area contributed by atoms with Gasteiger partial charge in [-0.3, -0.25) is 0 Å². The van der Waals surface area contributed by atoms with Gasteiger partial charge in [-0.2, -0.15) is 0 Å². The zero-order valence-electron chi connectivity index (χ0n) is 9.12. The van der Waals surface area contributed by atoms with E-state index in [2.05, 4.69) is 35.5 Å². The smallest absolute Gasteiger partial charge is 0.150 e. The maximum absolute atomic E-state index is 6.17. The van der Waals surface area contributed by atoms with Gasteiger partial charge < -0.3 is 10.3 Å². The molecule has 0 fully saturated rings. The van der Waals surface area contributed by atoms with Crippen molar-refractivity contribution in [2.75, 3.05) is 0 Å². The monoisotopic (exact) mass is 194 g/mol. The zero-order valence-corrected chi connectivity index (χ0v) is 9.12.